The number of esters is 1. The van der Waals surface area contributed by atoms with E-state index >= 15 is 0 Å². The van der Waals surface area contributed by atoms with Gasteiger partial charge in [-0.3, -0.25) is 0 Å². The molecule has 0 heterocycles. The number of rotatable bonds is 10. The Labute approximate surface area is 154 Å². The van der Waals surface area contributed by atoms with Gasteiger partial charge in [-0.05, 0) is 31.9 Å². The molecular formula is C17H26N2O6S. The van der Waals surface area contributed by atoms with Crippen LogP contribution in [0.3, 0.4) is 0 Å². The lowest BCUT2D eigenvalue weighted by atomic mass is 10.2. The Kier molecular flexibility index (Phi) is 9.08. The third kappa shape index (κ3) is 7.40. The molecule has 0 radical (unpaired) electrons. The maximum Gasteiger partial charge on any atom is 0.407 e. The van der Waals surface area contributed by atoms with E-state index in [1.165, 1.54) is 19.2 Å². The number of carbonyl (C=O) groups excluding carboxylic acids is 2. The summed E-state index contributed by atoms with van der Waals surface area (Å²) in [5.41, 5.74) is 0.945. The van der Waals surface area contributed by atoms with Gasteiger partial charge in [-0.2, -0.15) is 0 Å². The number of benzene rings is 1. The first kappa shape index (κ1) is 21.9. The van der Waals surface area contributed by atoms with Gasteiger partial charge in [0, 0.05) is 6.54 Å². The molecule has 0 fully saturated rings. The normalized spacial score (nSPS) is 12.3. The summed E-state index contributed by atoms with van der Waals surface area (Å²) in [7, 11) is -2.51. The van der Waals surface area contributed by atoms with E-state index in [1.54, 1.807) is 12.1 Å². The number of carbonyl (C=O) groups is 2. The monoisotopic (exact) mass is 386 g/mol. The topological polar surface area (TPSA) is 111 Å². The molecule has 1 rings (SSSR count). The van der Waals surface area contributed by atoms with Crippen LogP contribution in [-0.4, -0.2) is 46.8 Å². The average molecular weight is 386 g/mol. The van der Waals surface area contributed by atoms with Crippen LogP contribution in [0.25, 0.3) is 0 Å². The number of methoxy groups -OCH3 is 1. The minimum absolute atomic E-state index is 0.0284. The summed E-state index contributed by atoms with van der Waals surface area (Å²) >= 11 is 0. The standard InChI is InChI=1S/C17H26N2O6S/c1-4-5-12-25-17(21)19-15(16(20)24-3)10-11-18-26(22,23)14-8-6-13(2)7-9-14/h6-9,15,18H,4-5,10-12H2,1-3H3,(H,19,21). The Balaban J connectivity index is 2.59. The molecule has 0 aliphatic heterocycles. The highest BCUT2D eigenvalue weighted by Gasteiger charge is 2.23. The molecule has 2 N–H and O–H groups in total. The van der Waals surface area contributed by atoms with Crippen molar-refractivity contribution < 1.29 is 27.5 Å². The number of nitrogens with one attached hydrogen (secondary N) is 2. The van der Waals surface area contributed by atoms with Crippen LogP contribution in [0.5, 0.6) is 0 Å². The SMILES string of the molecule is CCCCOC(=O)NC(CCNS(=O)(=O)c1ccc(C)cc1)C(=O)OC. The quantitative estimate of drug-likeness (QED) is 0.468. The number of alkyl carbamates (subject to hydrolysis) is 1. The Morgan fingerprint density at radius 2 is 1.85 bits per heavy atom. The third-order valence-electron chi connectivity index (χ3n) is 3.57. The minimum atomic E-state index is -3.70. The number of hydrogen-bond acceptors (Lipinski definition) is 6. The molecule has 0 aliphatic carbocycles. The third-order valence-corrected chi connectivity index (χ3v) is 5.04. The van der Waals surface area contributed by atoms with E-state index in [4.69, 9.17) is 4.74 Å². The van der Waals surface area contributed by atoms with Gasteiger partial charge in [0.05, 0.1) is 18.6 Å². The molecule has 0 bridgehead atoms. The van der Waals surface area contributed by atoms with Crippen LogP contribution in [0.15, 0.2) is 29.2 Å². The highest BCUT2D eigenvalue weighted by molar-refractivity contribution is 7.89. The maximum atomic E-state index is 12.2. The Morgan fingerprint density at radius 1 is 1.19 bits per heavy atom. The smallest absolute Gasteiger partial charge is 0.407 e. The summed E-state index contributed by atoms with van der Waals surface area (Å²) in [6.45, 7) is 4.01. The van der Waals surface area contributed by atoms with Crippen LogP contribution in [0, 0.1) is 6.92 Å². The fraction of sp³-hybridized carbons (Fsp3) is 0.529. The summed E-state index contributed by atoms with van der Waals surface area (Å²) in [6, 6.07) is 5.38. The summed E-state index contributed by atoms with van der Waals surface area (Å²) in [6.07, 6.45) is 0.872. The van der Waals surface area contributed by atoms with Gasteiger partial charge >= 0.3 is 12.1 Å². The molecule has 1 amide bonds. The van der Waals surface area contributed by atoms with E-state index < -0.39 is 28.1 Å². The van der Waals surface area contributed by atoms with E-state index in [0.717, 1.165) is 12.0 Å². The van der Waals surface area contributed by atoms with Gasteiger partial charge in [0.2, 0.25) is 10.0 Å². The Hall–Kier alpha value is -2.13. The lowest BCUT2D eigenvalue weighted by Gasteiger charge is -2.16. The van der Waals surface area contributed by atoms with Gasteiger partial charge in [0.1, 0.15) is 6.04 Å². The van der Waals surface area contributed by atoms with Crippen LogP contribution in [0.1, 0.15) is 31.7 Å². The molecule has 1 aromatic rings. The van der Waals surface area contributed by atoms with Gasteiger partial charge in [-0.15, -0.1) is 0 Å². The number of amides is 1. The van der Waals surface area contributed by atoms with Crippen molar-refractivity contribution in [2.45, 2.75) is 44.0 Å². The van der Waals surface area contributed by atoms with Crippen molar-refractivity contribution in [2.75, 3.05) is 20.3 Å². The molecule has 0 saturated carbocycles. The van der Waals surface area contributed by atoms with Gasteiger partial charge < -0.3 is 14.8 Å². The van der Waals surface area contributed by atoms with Gasteiger partial charge in [0.25, 0.3) is 0 Å². The van der Waals surface area contributed by atoms with E-state index in [9.17, 15) is 18.0 Å². The predicted molar refractivity (Wildman–Crippen MR) is 96.2 cm³/mol. The van der Waals surface area contributed by atoms with E-state index in [-0.39, 0.29) is 24.5 Å². The molecule has 26 heavy (non-hydrogen) atoms. The van der Waals surface area contributed by atoms with Crippen molar-refractivity contribution in [3.8, 4) is 0 Å². The lowest BCUT2D eigenvalue weighted by molar-refractivity contribution is -0.143. The Bertz CT molecular complexity index is 688. The molecule has 1 unspecified atom stereocenters. The zero-order chi connectivity index (χ0) is 19.6. The second-order valence-corrected chi connectivity index (χ2v) is 7.48. The van der Waals surface area contributed by atoms with Crippen molar-refractivity contribution in [2.24, 2.45) is 0 Å². The number of unbranched alkanes of at least 4 members (excludes halogenated alkanes) is 1. The Morgan fingerprint density at radius 3 is 2.42 bits per heavy atom. The zero-order valence-electron chi connectivity index (χ0n) is 15.3. The average Bonchev–Trinajstić information content (AvgIpc) is 2.60. The van der Waals surface area contributed by atoms with Crippen LogP contribution >= 0.6 is 0 Å². The largest absolute Gasteiger partial charge is 0.467 e. The van der Waals surface area contributed by atoms with Crippen molar-refractivity contribution in [1.29, 1.82) is 0 Å². The maximum absolute atomic E-state index is 12.2. The number of ether oxygens (including phenoxy) is 2. The van der Waals surface area contributed by atoms with Crippen LogP contribution in [0.2, 0.25) is 0 Å². The van der Waals surface area contributed by atoms with E-state index in [0.29, 0.717) is 6.42 Å². The molecule has 0 aromatic heterocycles. The van der Waals surface area contributed by atoms with Crippen LogP contribution < -0.4 is 10.0 Å². The minimum Gasteiger partial charge on any atom is -0.467 e. The molecule has 1 atom stereocenters. The van der Waals surface area contributed by atoms with Crippen molar-refractivity contribution >= 4 is 22.1 Å². The highest BCUT2D eigenvalue weighted by Crippen LogP contribution is 2.10. The first-order valence-electron chi connectivity index (χ1n) is 8.37. The molecule has 0 saturated heterocycles. The second kappa shape index (κ2) is 10.8. The van der Waals surface area contributed by atoms with Gasteiger partial charge in [-0.25, -0.2) is 22.7 Å². The second-order valence-electron chi connectivity index (χ2n) is 5.71. The molecule has 0 spiro atoms. The predicted octanol–water partition coefficient (Wildman–Crippen LogP) is 1.73. The van der Waals surface area contributed by atoms with Crippen molar-refractivity contribution in [1.82, 2.24) is 10.0 Å². The number of sulfonamides is 1. The van der Waals surface area contributed by atoms with E-state index in [1.807, 2.05) is 13.8 Å². The zero-order valence-corrected chi connectivity index (χ0v) is 16.1. The van der Waals surface area contributed by atoms with Gasteiger partial charge in [0.15, 0.2) is 0 Å². The summed E-state index contributed by atoms with van der Waals surface area (Å²) in [4.78, 5) is 23.6. The van der Waals surface area contributed by atoms with Crippen LogP contribution in [0.4, 0.5) is 4.79 Å². The fourth-order valence-corrected chi connectivity index (χ4v) is 3.07. The molecule has 1 aromatic carbocycles. The summed E-state index contributed by atoms with van der Waals surface area (Å²) in [5.74, 6) is -0.674. The van der Waals surface area contributed by atoms with E-state index in [2.05, 4.69) is 14.8 Å². The molecule has 8 nitrogen and oxygen atoms in total. The van der Waals surface area contributed by atoms with Crippen molar-refractivity contribution in [3.63, 3.8) is 0 Å². The molecule has 9 heteroatoms. The summed E-state index contributed by atoms with van der Waals surface area (Å²) < 4.78 is 36.4. The molecule has 146 valence electrons. The highest BCUT2D eigenvalue weighted by atomic mass is 32.2. The lowest BCUT2D eigenvalue weighted by Crippen LogP contribution is -2.44. The molecular weight excluding hydrogens is 360 g/mol. The first-order chi connectivity index (χ1) is 12.3. The fourth-order valence-electron chi connectivity index (χ4n) is 2.02. The summed E-state index contributed by atoms with van der Waals surface area (Å²) in [5, 5.41) is 2.39. The van der Waals surface area contributed by atoms with Crippen molar-refractivity contribution in [3.05, 3.63) is 29.8 Å². The molecule has 0 aliphatic rings. The first-order valence-corrected chi connectivity index (χ1v) is 9.86. The number of hydrogen-bond donors (Lipinski definition) is 2. The number of aryl methyl sites for hydroxylation is 1. The van der Waals surface area contributed by atoms with Crippen LogP contribution in [-0.2, 0) is 24.3 Å². The van der Waals surface area contributed by atoms with Gasteiger partial charge in [-0.1, -0.05) is 31.0 Å².